The molecule has 0 radical (unpaired) electrons. The number of imidazole rings is 1. The van der Waals surface area contributed by atoms with Crippen LogP contribution in [0.15, 0.2) is 36.8 Å². The van der Waals surface area contributed by atoms with E-state index in [4.69, 9.17) is 5.73 Å². The summed E-state index contributed by atoms with van der Waals surface area (Å²) in [6.07, 6.45) is 3.85. The average molecular weight is 616 g/mol. The zero-order valence-corrected chi connectivity index (χ0v) is 24.7. The number of rotatable bonds is 15. The summed E-state index contributed by atoms with van der Waals surface area (Å²) in [7, 11) is 0. The smallest absolute Gasteiger partial charge is 0.326 e. The van der Waals surface area contributed by atoms with Gasteiger partial charge in [-0.25, -0.2) is 9.78 Å². The van der Waals surface area contributed by atoms with Crippen LogP contribution in [0.3, 0.4) is 0 Å². The molecule has 240 valence electrons. The number of amides is 4. The molecule has 1 aliphatic heterocycles. The maximum absolute atomic E-state index is 13.8. The predicted molar refractivity (Wildman–Crippen MR) is 157 cm³/mol. The van der Waals surface area contributed by atoms with Crippen LogP contribution in [0.5, 0.6) is 5.75 Å². The summed E-state index contributed by atoms with van der Waals surface area (Å²) in [6.45, 7) is 3.29. The van der Waals surface area contributed by atoms with Gasteiger partial charge in [0.2, 0.25) is 23.6 Å². The predicted octanol–water partition coefficient (Wildman–Crippen LogP) is -1.20. The minimum atomic E-state index is -1.27. The van der Waals surface area contributed by atoms with Crippen molar-refractivity contribution in [3.63, 3.8) is 0 Å². The van der Waals surface area contributed by atoms with E-state index in [0.717, 1.165) is 0 Å². The number of aromatic amines is 1. The Labute approximate surface area is 254 Å². The monoisotopic (exact) mass is 615 g/mol. The number of hydrogen-bond acceptors (Lipinski definition) is 9. The van der Waals surface area contributed by atoms with Gasteiger partial charge in [-0.1, -0.05) is 26.0 Å². The van der Waals surface area contributed by atoms with E-state index in [9.17, 15) is 39.3 Å². The number of phenols is 1. The molecule has 1 aromatic carbocycles. The second-order valence-corrected chi connectivity index (χ2v) is 11.3. The number of nitrogens with zero attached hydrogens (tertiary/aromatic N) is 2. The third-order valence-electron chi connectivity index (χ3n) is 7.30. The Kier molecular flexibility index (Phi) is 12.2. The molecule has 15 nitrogen and oxygen atoms in total. The Morgan fingerprint density at radius 2 is 1.70 bits per heavy atom. The highest BCUT2D eigenvalue weighted by Gasteiger charge is 2.39. The largest absolute Gasteiger partial charge is 0.508 e. The second kappa shape index (κ2) is 15.8. The number of phenolic OH excluding ortho intramolecular Hbond substituents is 1. The third-order valence-corrected chi connectivity index (χ3v) is 7.30. The summed E-state index contributed by atoms with van der Waals surface area (Å²) in [5.41, 5.74) is 6.79. The molecule has 15 heteroatoms. The quantitative estimate of drug-likeness (QED) is 0.119. The first-order valence-electron chi connectivity index (χ1n) is 14.5. The zero-order valence-electron chi connectivity index (χ0n) is 24.7. The van der Waals surface area contributed by atoms with E-state index in [2.05, 4.69) is 25.9 Å². The van der Waals surface area contributed by atoms with Crippen molar-refractivity contribution in [3.8, 4) is 5.75 Å². The van der Waals surface area contributed by atoms with Crippen LogP contribution in [0.4, 0.5) is 0 Å². The molecule has 0 spiro atoms. The van der Waals surface area contributed by atoms with Crippen molar-refractivity contribution in [2.75, 3.05) is 13.2 Å². The van der Waals surface area contributed by atoms with Crippen LogP contribution in [0, 0.1) is 5.92 Å². The van der Waals surface area contributed by atoms with E-state index in [-0.39, 0.29) is 37.5 Å². The fourth-order valence-electron chi connectivity index (χ4n) is 4.99. The van der Waals surface area contributed by atoms with Gasteiger partial charge in [0.1, 0.15) is 36.0 Å². The number of nitrogens with one attached hydrogen (secondary N) is 4. The first kappa shape index (κ1) is 34.0. The summed E-state index contributed by atoms with van der Waals surface area (Å²) in [5.74, 6) is -3.83. The van der Waals surface area contributed by atoms with Gasteiger partial charge in [-0.05, 0) is 42.9 Å². The van der Waals surface area contributed by atoms with Crippen LogP contribution in [0.25, 0.3) is 0 Å². The lowest BCUT2D eigenvalue weighted by Gasteiger charge is -2.30. The van der Waals surface area contributed by atoms with Crippen LogP contribution >= 0.6 is 0 Å². The topological polar surface area (TPSA) is 240 Å². The zero-order chi connectivity index (χ0) is 32.4. The third kappa shape index (κ3) is 9.50. The van der Waals surface area contributed by atoms with E-state index in [1.807, 2.05) is 13.8 Å². The number of nitrogens with two attached hydrogens (primary N) is 1. The number of carbonyl (C=O) groups is 5. The van der Waals surface area contributed by atoms with Crippen LogP contribution in [-0.2, 0) is 36.8 Å². The molecule has 0 bridgehead atoms. The fraction of sp³-hybridized carbons (Fsp3) is 0.517. The van der Waals surface area contributed by atoms with Crippen molar-refractivity contribution >= 4 is 29.6 Å². The summed E-state index contributed by atoms with van der Waals surface area (Å²) in [4.78, 5) is 73.0. The molecular formula is C29H41N7O8. The van der Waals surface area contributed by atoms with Crippen LogP contribution in [0.2, 0.25) is 0 Å². The number of aliphatic hydroxyl groups excluding tert-OH is 1. The van der Waals surface area contributed by atoms with Gasteiger partial charge in [0, 0.05) is 31.3 Å². The van der Waals surface area contributed by atoms with E-state index < -0.39 is 66.4 Å². The van der Waals surface area contributed by atoms with Gasteiger partial charge in [0.25, 0.3) is 0 Å². The number of hydrogen-bond donors (Lipinski definition) is 8. The number of carbonyl (C=O) groups excluding carboxylic acids is 4. The summed E-state index contributed by atoms with van der Waals surface area (Å²) in [6, 6.07) is 0.375. The van der Waals surface area contributed by atoms with E-state index in [1.165, 1.54) is 29.6 Å². The lowest BCUT2D eigenvalue weighted by Crippen LogP contribution is -2.59. The number of carboxylic acid groups (broad SMARTS) is 1. The summed E-state index contributed by atoms with van der Waals surface area (Å²) >= 11 is 0. The highest BCUT2D eigenvalue weighted by molar-refractivity contribution is 5.96. The molecule has 2 aromatic rings. The van der Waals surface area contributed by atoms with Crippen molar-refractivity contribution in [2.45, 2.75) is 76.2 Å². The number of aliphatic hydroxyl groups is 1. The minimum Gasteiger partial charge on any atom is -0.508 e. The molecule has 3 rings (SSSR count). The van der Waals surface area contributed by atoms with Crippen LogP contribution < -0.4 is 21.7 Å². The standard InChI is InChI=1S/C29H41N7O8/c1-16(2)10-21(26(40)35-23(29(43)44)12-18-13-31-15-32-18)33-27(41)24-4-3-9-36(24)28(42)22(34-25(39)20(30)14-37)11-17-5-7-19(38)8-6-17/h5-8,13,15-16,20-24,37-38H,3-4,9-12,14,30H2,1-2H3,(H,31,32)(H,33,41)(H,34,39)(H,35,40)(H,43,44)/t20-,21-,22-,23-,24-/m0/s1. The number of likely N-dealkylation sites (tertiary alicyclic amines) is 1. The summed E-state index contributed by atoms with van der Waals surface area (Å²) in [5, 5.41) is 36.4. The SMILES string of the molecule is CC(C)C[C@H](NC(=O)[C@@H]1CCCN1C(=O)[C@H](Cc1ccc(O)cc1)NC(=O)[C@@H](N)CO)C(=O)N[C@@H](Cc1cnc[nH]1)C(=O)O. The molecule has 1 saturated heterocycles. The van der Waals surface area contributed by atoms with Crippen LogP contribution in [-0.4, -0.2) is 103 Å². The second-order valence-electron chi connectivity index (χ2n) is 11.3. The Balaban J connectivity index is 1.76. The van der Waals surface area contributed by atoms with Gasteiger partial charge < -0.3 is 46.9 Å². The number of aromatic hydroxyl groups is 1. The molecule has 0 saturated carbocycles. The Hall–Kier alpha value is -4.50. The number of aliphatic carboxylic acids is 1. The fourth-order valence-corrected chi connectivity index (χ4v) is 4.99. The molecule has 0 unspecified atom stereocenters. The number of carboxylic acids is 1. The van der Waals surface area contributed by atoms with Gasteiger partial charge >= 0.3 is 5.97 Å². The average Bonchev–Trinajstić information content (AvgIpc) is 3.68. The van der Waals surface area contributed by atoms with Crippen molar-refractivity contribution in [1.29, 1.82) is 0 Å². The Bertz CT molecular complexity index is 1290. The summed E-state index contributed by atoms with van der Waals surface area (Å²) < 4.78 is 0. The number of aromatic nitrogens is 2. The normalized spacial score (nSPS) is 17.4. The number of benzene rings is 1. The Morgan fingerprint density at radius 1 is 1.02 bits per heavy atom. The van der Waals surface area contributed by atoms with Gasteiger partial charge in [0.15, 0.2) is 0 Å². The van der Waals surface area contributed by atoms with Crippen molar-refractivity contribution in [1.82, 2.24) is 30.8 Å². The lowest BCUT2D eigenvalue weighted by molar-refractivity contribution is -0.143. The first-order valence-corrected chi connectivity index (χ1v) is 14.5. The molecule has 0 aliphatic carbocycles. The van der Waals surface area contributed by atoms with Gasteiger partial charge in [0.05, 0.1) is 12.9 Å². The number of H-pyrrole nitrogens is 1. The van der Waals surface area contributed by atoms with Crippen molar-refractivity contribution < 1.29 is 39.3 Å². The van der Waals surface area contributed by atoms with E-state index in [1.54, 1.807) is 12.1 Å². The molecule has 5 atom stereocenters. The minimum absolute atomic E-state index is 0.0233. The maximum atomic E-state index is 13.8. The van der Waals surface area contributed by atoms with Gasteiger partial charge in [-0.2, -0.15) is 0 Å². The highest BCUT2D eigenvalue weighted by atomic mass is 16.4. The van der Waals surface area contributed by atoms with Gasteiger partial charge in [-0.3, -0.25) is 19.2 Å². The first-order chi connectivity index (χ1) is 20.9. The van der Waals surface area contributed by atoms with E-state index >= 15 is 0 Å². The van der Waals surface area contributed by atoms with Gasteiger partial charge in [-0.15, -0.1) is 0 Å². The maximum Gasteiger partial charge on any atom is 0.326 e. The molecule has 4 amide bonds. The van der Waals surface area contributed by atoms with Crippen molar-refractivity contribution in [2.24, 2.45) is 11.7 Å². The molecule has 9 N–H and O–H groups in total. The highest BCUT2D eigenvalue weighted by Crippen LogP contribution is 2.21. The lowest BCUT2D eigenvalue weighted by atomic mass is 10.0. The Morgan fingerprint density at radius 3 is 2.30 bits per heavy atom. The van der Waals surface area contributed by atoms with Crippen LogP contribution in [0.1, 0.15) is 44.4 Å². The van der Waals surface area contributed by atoms with Crippen molar-refractivity contribution in [3.05, 3.63) is 48.0 Å². The van der Waals surface area contributed by atoms with E-state index in [0.29, 0.717) is 24.1 Å². The molecule has 1 fully saturated rings. The molecule has 1 aromatic heterocycles. The molecular weight excluding hydrogens is 574 g/mol. The molecule has 44 heavy (non-hydrogen) atoms. The molecule has 1 aliphatic rings. The molecule has 2 heterocycles.